The highest BCUT2D eigenvalue weighted by molar-refractivity contribution is 5.65. The molecule has 1 rings (SSSR count). The van der Waals surface area contributed by atoms with Crippen molar-refractivity contribution in [3.05, 3.63) is 23.3 Å². The molecule has 17 heavy (non-hydrogen) atoms. The van der Waals surface area contributed by atoms with Crippen LogP contribution >= 0.6 is 0 Å². The van der Waals surface area contributed by atoms with E-state index in [0.717, 1.165) is 37.5 Å². The maximum atomic E-state index is 10.3. The lowest BCUT2D eigenvalue weighted by Gasteiger charge is -2.01. The molecule has 0 radical (unpaired) electrons. The molecule has 1 heterocycles. The minimum absolute atomic E-state index is 0.115. The lowest BCUT2D eigenvalue weighted by Crippen LogP contribution is -2.02. The Balaban J connectivity index is 2.17. The van der Waals surface area contributed by atoms with E-state index in [1.165, 1.54) is 5.57 Å². The van der Waals surface area contributed by atoms with Gasteiger partial charge in [-0.3, -0.25) is 4.79 Å². The average molecular weight is 236 g/mol. The Kier molecular flexibility index (Phi) is 5.13. The normalized spacial score (nSPS) is 23.6. The zero-order chi connectivity index (χ0) is 12.9. The van der Waals surface area contributed by atoms with Crippen molar-refractivity contribution in [2.45, 2.75) is 65.1 Å². The molecule has 2 nitrogen and oxygen atoms in total. The van der Waals surface area contributed by atoms with Crippen LogP contribution in [0, 0.1) is 0 Å². The molecule has 1 aliphatic heterocycles. The quantitative estimate of drug-likeness (QED) is 0.291. The van der Waals surface area contributed by atoms with Crippen molar-refractivity contribution in [1.29, 1.82) is 0 Å². The summed E-state index contributed by atoms with van der Waals surface area (Å²) in [6, 6.07) is 0. The molecular weight excluding hydrogens is 212 g/mol. The van der Waals surface area contributed by atoms with Gasteiger partial charge in [-0.1, -0.05) is 17.2 Å². The molecule has 1 atom stereocenters. The lowest BCUT2D eigenvalue weighted by atomic mass is 10.0. The van der Waals surface area contributed by atoms with Gasteiger partial charge in [0, 0.05) is 0 Å². The van der Waals surface area contributed by atoms with E-state index in [2.05, 4.69) is 26.8 Å². The van der Waals surface area contributed by atoms with Gasteiger partial charge in [-0.2, -0.15) is 0 Å². The van der Waals surface area contributed by atoms with Crippen molar-refractivity contribution in [3.63, 3.8) is 0 Å². The Labute approximate surface area is 105 Å². The van der Waals surface area contributed by atoms with Crippen molar-refractivity contribution >= 4 is 6.29 Å². The van der Waals surface area contributed by atoms with E-state index in [0.29, 0.717) is 6.10 Å². The van der Waals surface area contributed by atoms with Crippen LogP contribution in [0.3, 0.4) is 0 Å². The van der Waals surface area contributed by atoms with Gasteiger partial charge in [0.15, 0.2) is 0 Å². The van der Waals surface area contributed by atoms with Crippen LogP contribution in [-0.2, 0) is 9.53 Å². The molecule has 0 aromatic carbocycles. The van der Waals surface area contributed by atoms with Gasteiger partial charge in [-0.15, -0.1) is 0 Å². The summed E-state index contributed by atoms with van der Waals surface area (Å²) in [5, 5.41) is 0. The predicted octanol–water partition coefficient (Wildman–Crippen LogP) is 3.82. The highest BCUT2D eigenvalue weighted by atomic mass is 16.6. The molecule has 96 valence electrons. The highest BCUT2D eigenvalue weighted by Gasteiger charge is 2.46. The van der Waals surface area contributed by atoms with Crippen LogP contribution in [0.5, 0.6) is 0 Å². The number of hydrogen-bond donors (Lipinski definition) is 0. The summed E-state index contributed by atoms with van der Waals surface area (Å²) in [5.74, 6) is 0. The predicted molar refractivity (Wildman–Crippen MR) is 71.0 cm³/mol. The van der Waals surface area contributed by atoms with Crippen LogP contribution in [0.15, 0.2) is 23.3 Å². The van der Waals surface area contributed by atoms with Gasteiger partial charge in [-0.25, -0.2) is 0 Å². The maximum absolute atomic E-state index is 10.3. The molecule has 1 fully saturated rings. The summed E-state index contributed by atoms with van der Waals surface area (Å²) in [7, 11) is 0. The Hall–Kier alpha value is -0.890. The number of aldehydes is 1. The molecule has 0 saturated carbocycles. The number of carbonyl (C=O) groups excluding carboxylic acids is 1. The Morgan fingerprint density at radius 3 is 2.41 bits per heavy atom. The Morgan fingerprint density at radius 1 is 1.24 bits per heavy atom. The third-order valence-corrected chi connectivity index (χ3v) is 3.35. The number of allylic oxidation sites excluding steroid dienone is 4. The summed E-state index contributed by atoms with van der Waals surface area (Å²) in [5.41, 5.74) is 2.69. The summed E-state index contributed by atoms with van der Waals surface area (Å²) in [6.45, 7) is 8.46. The minimum Gasteiger partial charge on any atom is -0.367 e. The van der Waals surface area contributed by atoms with Gasteiger partial charge in [0.2, 0.25) is 0 Å². The van der Waals surface area contributed by atoms with Crippen LogP contribution < -0.4 is 0 Å². The molecule has 0 aliphatic carbocycles. The molecule has 0 bridgehead atoms. The summed E-state index contributed by atoms with van der Waals surface area (Å²) in [4.78, 5) is 10.3. The first-order chi connectivity index (χ1) is 7.95. The van der Waals surface area contributed by atoms with Gasteiger partial charge in [0.25, 0.3) is 0 Å². The molecule has 0 N–H and O–H groups in total. The van der Waals surface area contributed by atoms with Gasteiger partial charge in [-0.05, 0) is 59.5 Å². The van der Waals surface area contributed by atoms with Gasteiger partial charge in [0.1, 0.15) is 6.29 Å². The van der Waals surface area contributed by atoms with Gasteiger partial charge < -0.3 is 4.74 Å². The number of carbonyl (C=O) groups is 1. The van der Waals surface area contributed by atoms with Crippen LogP contribution in [0.4, 0.5) is 0 Å². The minimum atomic E-state index is 0.115. The monoisotopic (exact) mass is 236 g/mol. The summed E-state index contributed by atoms with van der Waals surface area (Å²) < 4.78 is 5.55. The molecule has 0 aromatic heterocycles. The average Bonchev–Trinajstić information content (AvgIpc) is 2.84. The number of ether oxygens (including phenoxy) is 1. The van der Waals surface area contributed by atoms with Crippen LogP contribution in [-0.4, -0.2) is 18.0 Å². The highest BCUT2D eigenvalue weighted by Crippen LogP contribution is 2.38. The SMILES string of the molecule is C/C(=C\C=O)CC/C=C(\C)CCC1OC1(C)C. The van der Waals surface area contributed by atoms with E-state index >= 15 is 0 Å². The third-order valence-electron chi connectivity index (χ3n) is 3.35. The number of rotatable bonds is 7. The topological polar surface area (TPSA) is 29.6 Å². The third kappa shape index (κ3) is 5.31. The summed E-state index contributed by atoms with van der Waals surface area (Å²) in [6.07, 6.45) is 9.46. The first-order valence-electron chi connectivity index (χ1n) is 6.40. The zero-order valence-corrected chi connectivity index (χ0v) is 11.5. The van der Waals surface area contributed by atoms with Crippen molar-refractivity contribution in [1.82, 2.24) is 0 Å². The fourth-order valence-corrected chi connectivity index (χ4v) is 1.95. The second-order valence-electron chi connectivity index (χ2n) is 5.49. The maximum Gasteiger partial charge on any atom is 0.142 e. The molecule has 1 saturated heterocycles. The van der Waals surface area contributed by atoms with Crippen molar-refractivity contribution in [2.24, 2.45) is 0 Å². The standard InChI is InChI=1S/C15H24O2/c1-12(6-5-7-13(2)10-11-16)8-9-14-15(3,4)17-14/h6,10-11,14H,5,7-9H2,1-4H3/b12-6+,13-10+. The summed E-state index contributed by atoms with van der Waals surface area (Å²) >= 11 is 0. The number of epoxide rings is 1. The van der Waals surface area contributed by atoms with Crippen molar-refractivity contribution < 1.29 is 9.53 Å². The largest absolute Gasteiger partial charge is 0.367 e. The van der Waals surface area contributed by atoms with E-state index in [9.17, 15) is 4.79 Å². The molecule has 1 unspecified atom stereocenters. The van der Waals surface area contributed by atoms with E-state index in [1.54, 1.807) is 6.08 Å². The second-order valence-corrected chi connectivity index (χ2v) is 5.49. The molecule has 2 heteroatoms. The molecule has 0 amide bonds. The van der Waals surface area contributed by atoms with Crippen molar-refractivity contribution in [3.8, 4) is 0 Å². The van der Waals surface area contributed by atoms with Crippen LogP contribution in [0.25, 0.3) is 0 Å². The zero-order valence-electron chi connectivity index (χ0n) is 11.5. The van der Waals surface area contributed by atoms with E-state index in [-0.39, 0.29) is 5.60 Å². The van der Waals surface area contributed by atoms with E-state index in [4.69, 9.17) is 4.74 Å². The van der Waals surface area contributed by atoms with Crippen LogP contribution in [0.1, 0.15) is 53.4 Å². The molecule has 0 spiro atoms. The molecular formula is C15H24O2. The van der Waals surface area contributed by atoms with Crippen molar-refractivity contribution in [2.75, 3.05) is 0 Å². The smallest absolute Gasteiger partial charge is 0.142 e. The van der Waals surface area contributed by atoms with E-state index in [1.807, 2.05) is 6.92 Å². The first kappa shape index (κ1) is 14.2. The number of hydrogen-bond acceptors (Lipinski definition) is 2. The Bertz CT molecular complexity index is 324. The van der Waals surface area contributed by atoms with Gasteiger partial charge >= 0.3 is 0 Å². The van der Waals surface area contributed by atoms with Gasteiger partial charge in [0.05, 0.1) is 11.7 Å². The lowest BCUT2D eigenvalue weighted by molar-refractivity contribution is -0.104. The fourth-order valence-electron chi connectivity index (χ4n) is 1.95. The van der Waals surface area contributed by atoms with E-state index < -0.39 is 0 Å². The van der Waals surface area contributed by atoms with Crippen LogP contribution in [0.2, 0.25) is 0 Å². The Morgan fingerprint density at radius 2 is 1.88 bits per heavy atom. The first-order valence-corrected chi connectivity index (χ1v) is 6.40. The second kappa shape index (κ2) is 6.15. The molecule has 0 aromatic rings. The molecule has 1 aliphatic rings. The fraction of sp³-hybridized carbons (Fsp3) is 0.667.